The van der Waals surface area contributed by atoms with E-state index in [4.69, 9.17) is 9.47 Å². The summed E-state index contributed by atoms with van der Waals surface area (Å²) in [6, 6.07) is 7.30. The fourth-order valence-corrected chi connectivity index (χ4v) is 2.83. The molecule has 0 N–H and O–H groups in total. The second-order valence-corrected chi connectivity index (χ2v) is 6.65. The lowest BCUT2D eigenvalue weighted by molar-refractivity contribution is 0.0672. The van der Waals surface area contributed by atoms with Crippen LogP contribution in [-0.4, -0.2) is 42.6 Å². The molecule has 0 aliphatic rings. The monoisotopic (exact) mass is 348 g/mol. The van der Waals surface area contributed by atoms with E-state index in [1.807, 2.05) is 28.5 Å². The molecule has 130 valence electrons. The van der Waals surface area contributed by atoms with Crippen LogP contribution in [0, 0.1) is 5.92 Å². The summed E-state index contributed by atoms with van der Waals surface area (Å²) in [4.78, 5) is 18.8. The zero-order chi connectivity index (χ0) is 17.4. The van der Waals surface area contributed by atoms with Gasteiger partial charge in [-0.05, 0) is 24.1 Å². The van der Waals surface area contributed by atoms with Gasteiger partial charge in [0.2, 0.25) is 0 Å². The van der Waals surface area contributed by atoms with Crippen LogP contribution in [-0.2, 0) is 11.3 Å². The molecule has 6 heteroatoms. The molecule has 0 aliphatic carbocycles. The highest BCUT2D eigenvalue weighted by atomic mass is 32.1. The number of thiazole rings is 1. The summed E-state index contributed by atoms with van der Waals surface area (Å²) in [7, 11) is 1.64. The second kappa shape index (κ2) is 9.39. The molecule has 0 atom stereocenters. The van der Waals surface area contributed by atoms with E-state index in [0.717, 1.165) is 5.69 Å². The number of ether oxygens (including phenoxy) is 2. The number of nitrogens with zero attached hydrogens (tertiary/aromatic N) is 2. The van der Waals surface area contributed by atoms with Crippen LogP contribution in [0.15, 0.2) is 35.2 Å². The topological polar surface area (TPSA) is 51.7 Å². The van der Waals surface area contributed by atoms with Gasteiger partial charge in [0, 0.05) is 31.1 Å². The SMILES string of the molecule is COCCN(CC(C)C)C(=O)c1cccc(OCc2cscn2)c1. The number of carbonyl (C=O) groups excluding carboxylic acids is 1. The normalized spacial score (nSPS) is 10.8. The molecule has 0 saturated heterocycles. The number of rotatable bonds is 9. The van der Waals surface area contributed by atoms with Crippen LogP contribution in [0.3, 0.4) is 0 Å². The summed E-state index contributed by atoms with van der Waals surface area (Å²) in [6.45, 7) is 6.41. The Morgan fingerprint density at radius 1 is 1.38 bits per heavy atom. The van der Waals surface area contributed by atoms with Crippen molar-refractivity contribution in [3.8, 4) is 5.75 Å². The smallest absolute Gasteiger partial charge is 0.254 e. The summed E-state index contributed by atoms with van der Waals surface area (Å²) in [6.07, 6.45) is 0. The van der Waals surface area contributed by atoms with Crippen LogP contribution < -0.4 is 4.74 Å². The van der Waals surface area contributed by atoms with Gasteiger partial charge in [0.15, 0.2) is 0 Å². The van der Waals surface area contributed by atoms with Gasteiger partial charge in [-0.15, -0.1) is 11.3 Å². The minimum absolute atomic E-state index is 0.000131. The Labute approximate surface area is 147 Å². The third-order valence-electron chi connectivity index (χ3n) is 3.39. The maximum Gasteiger partial charge on any atom is 0.254 e. The largest absolute Gasteiger partial charge is 0.487 e. The molecular formula is C18H24N2O3S. The lowest BCUT2D eigenvalue weighted by Gasteiger charge is -2.24. The van der Waals surface area contributed by atoms with Crippen molar-refractivity contribution in [2.75, 3.05) is 26.8 Å². The minimum Gasteiger partial charge on any atom is -0.487 e. The zero-order valence-electron chi connectivity index (χ0n) is 14.4. The number of hydrogen-bond donors (Lipinski definition) is 0. The van der Waals surface area contributed by atoms with Crippen LogP contribution in [0.1, 0.15) is 29.9 Å². The Balaban J connectivity index is 2.05. The Kier molecular flexibility index (Phi) is 7.21. The minimum atomic E-state index is -0.000131. The van der Waals surface area contributed by atoms with Gasteiger partial charge in [-0.25, -0.2) is 4.98 Å². The summed E-state index contributed by atoms with van der Waals surface area (Å²) in [5.41, 5.74) is 3.29. The maximum atomic E-state index is 12.8. The molecule has 1 aromatic heterocycles. The van der Waals surface area contributed by atoms with Gasteiger partial charge < -0.3 is 14.4 Å². The van der Waals surface area contributed by atoms with E-state index in [0.29, 0.717) is 43.5 Å². The standard InChI is InChI=1S/C18H24N2O3S/c1-14(2)10-20(7-8-22-3)18(21)15-5-4-6-17(9-15)23-11-16-12-24-13-19-16/h4-6,9,12-14H,7-8,10-11H2,1-3H3. The fourth-order valence-electron chi connectivity index (χ4n) is 2.29. The third-order valence-corrected chi connectivity index (χ3v) is 4.02. The van der Waals surface area contributed by atoms with Crippen molar-refractivity contribution in [3.05, 3.63) is 46.4 Å². The van der Waals surface area contributed by atoms with E-state index < -0.39 is 0 Å². The summed E-state index contributed by atoms with van der Waals surface area (Å²) in [5.74, 6) is 1.07. The molecule has 1 aromatic carbocycles. The first kappa shape index (κ1) is 18.4. The Bertz CT molecular complexity index is 629. The fraction of sp³-hybridized carbons (Fsp3) is 0.444. The Hall–Kier alpha value is -1.92. The van der Waals surface area contributed by atoms with Crippen LogP contribution in [0.25, 0.3) is 0 Å². The van der Waals surface area contributed by atoms with Crippen LogP contribution in [0.5, 0.6) is 5.75 Å². The first-order chi connectivity index (χ1) is 11.6. The predicted molar refractivity (Wildman–Crippen MR) is 95.5 cm³/mol. The van der Waals surface area contributed by atoms with Crippen molar-refractivity contribution in [3.63, 3.8) is 0 Å². The van der Waals surface area contributed by atoms with Crippen molar-refractivity contribution in [2.24, 2.45) is 5.92 Å². The van der Waals surface area contributed by atoms with Gasteiger partial charge in [-0.3, -0.25) is 4.79 Å². The van der Waals surface area contributed by atoms with Crippen molar-refractivity contribution in [2.45, 2.75) is 20.5 Å². The van der Waals surface area contributed by atoms with E-state index in [2.05, 4.69) is 18.8 Å². The number of hydrogen-bond acceptors (Lipinski definition) is 5. The highest BCUT2D eigenvalue weighted by Gasteiger charge is 2.17. The molecule has 0 spiro atoms. The Morgan fingerprint density at radius 3 is 2.88 bits per heavy atom. The number of amides is 1. The summed E-state index contributed by atoms with van der Waals surface area (Å²) < 4.78 is 10.9. The molecule has 0 aliphatic heterocycles. The number of aromatic nitrogens is 1. The van der Waals surface area contributed by atoms with Gasteiger partial charge in [-0.1, -0.05) is 19.9 Å². The molecule has 0 bridgehead atoms. The van der Waals surface area contributed by atoms with Crippen molar-refractivity contribution in [1.29, 1.82) is 0 Å². The molecule has 0 saturated carbocycles. The van der Waals surface area contributed by atoms with Gasteiger partial charge in [0.1, 0.15) is 12.4 Å². The molecule has 1 amide bonds. The van der Waals surface area contributed by atoms with Crippen LogP contribution >= 0.6 is 11.3 Å². The quantitative estimate of drug-likeness (QED) is 0.696. The van der Waals surface area contributed by atoms with E-state index in [-0.39, 0.29) is 5.91 Å². The molecule has 24 heavy (non-hydrogen) atoms. The van der Waals surface area contributed by atoms with Gasteiger partial charge in [0.05, 0.1) is 17.8 Å². The number of carbonyl (C=O) groups is 1. The van der Waals surface area contributed by atoms with E-state index in [1.54, 1.807) is 18.7 Å². The third kappa shape index (κ3) is 5.62. The average molecular weight is 348 g/mol. The van der Waals surface area contributed by atoms with E-state index >= 15 is 0 Å². The first-order valence-corrected chi connectivity index (χ1v) is 8.92. The van der Waals surface area contributed by atoms with Crippen LogP contribution in [0.4, 0.5) is 0 Å². The van der Waals surface area contributed by atoms with Crippen molar-refractivity contribution < 1.29 is 14.3 Å². The highest BCUT2D eigenvalue weighted by Crippen LogP contribution is 2.17. The number of benzene rings is 1. The Morgan fingerprint density at radius 2 is 2.21 bits per heavy atom. The van der Waals surface area contributed by atoms with E-state index in [9.17, 15) is 4.79 Å². The molecule has 1 heterocycles. The molecule has 2 aromatic rings. The van der Waals surface area contributed by atoms with E-state index in [1.165, 1.54) is 11.3 Å². The first-order valence-electron chi connectivity index (χ1n) is 7.98. The van der Waals surface area contributed by atoms with Crippen molar-refractivity contribution >= 4 is 17.2 Å². The lowest BCUT2D eigenvalue weighted by atomic mass is 10.1. The molecular weight excluding hydrogens is 324 g/mol. The number of methoxy groups -OCH3 is 1. The summed E-state index contributed by atoms with van der Waals surface area (Å²) in [5, 5.41) is 1.95. The molecule has 2 rings (SSSR count). The average Bonchev–Trinajstić information content (AvgIpc) is 3.09. The summed E-state index contributed by atoms with van der Waals surface area (Å²) >= 11 is 1.54. The highest BCUT2D eigenvalue weighted by molar-refractivity contribution is 7.07. The van der Waals surface area contributed by atoms with Crippen molar-refractivity contribution in [1.82, 2.24) is 9.88 Å². The molecule has 0 unspecified atom stereocenters. The molecule has 5 nitrogen and oxygen atoms in total. The van der Waals surface area contributed by atoms with Gasteiger partial charge >= 0.3 is 0 Å². The maximum absolute atomic E-state index is 12.8. The van der Waals surface area contributed by atoms with Crippen LogP contribution in [0.2, 0.25) is 0 Å². The molecule has 0 radical (unpaired) electrons. The zero-order valence-corrected chi connectivity index (χ0v) is 15.2. The lowest BCUT2D eigenvalue weighted by Crippen LogP contribution is -2.36. The second-order valence-electron chi connectivity index (χ2n) is 5.93. The van der Waals surface area contributed by atoms with Gasteiger partial charge in [-0.2, -0.15) is 0 Å². The molecule has 0 fully saturated rings. The predicted octanol–water partition coefficient (Wildman–Crippen LogP) is 3.47. The van der Waals surface area contributed by atoms with Gasteiger partial charge in [0.25, 0.3) is 5.91 Å².